The lowest BCUT2D eigenvalue weighted by Crippen LogP contribution is -2.36. The number of rotatable bonds is 17. The van der Waals surface area contributed by atoms with Crippen molar-refractivity contribution >= 4 is 8.07 Å². The fourth-order valence-electron chi connectivity index (χ4n) is 3.40. The fraction of sp³-hybridized carbons (Fsp3) is 1.00. The van der Waals surface area contributed by atoms with Crippen LogP contribution >= 0.6 is 0 Å². The summed E-state index contributed by atoms with van der Waals surface area (Å²) in [6.07, 6.45) is 14.6. The maximum absolute atomic E-state index is 2.66. The lowest BCUT2D eigenvalue weighted by Gasteiger charge is -2.30. The standard InChI is InChI=1S/C21H48N2Si/c1-7-8-9-10-11-12-13-14-15-16-19-24(6,20-17-22(2)3)21-18-23(4)5/h7-21H2,1-6H3. The van der Waals surface area contributed by atoms with E-state index in [2.05, 4.69) is 51.5 Å². The Labute approximate surface area is 155 Å². The minimum atomic E-state index is -1.05. The third-order valence-corrected chi connectivity index (χ3v) is 9.88. The first-order valence-electron chi connectivity index (χ1n) is 10.7. The number of hydrogen-bond acceptors (Lipinski definition) is 2. The molecule has 0 aliphatic carbocycles. The van der Waals surface area contributed by atoms with E-state index in [9.17, 15) is 0 Å². The molecule has 0 unspecified atom stereocenters. The van der Waals surface area contributed by atoms with Crippen molar-refractivity contribution in [1.82, 2.24) is 9.80 Å². The minimum Gasteiger partial charge on any atom is -0.310 e. The second-order valence-electron chi connectivity index (χ2n) is 8.85. The third-order valence-electron chi connectivity index (χ3n) is 5.46. The van der Waals surface area contributed by atoms with Crippen molar-refractivity contribution in [3.63, 3.8) is 0 Å². The molecule has 24 heavy (non-hydrogen) atoms. The van der Waals surface area contributed by atoms with Gasteiger partial charge >= 0.3 is 0 Å². The molecule has 0 aliphatic rings. The molecule has 0 N–H and O–H groups in total. The van der Waals surface area contributed by atoms with E-state index in [4.69, 9.17) is 0 Å². The van der Waals surface area contributed by atoms with Gasteiger partial charge in [-0.2, -0.15) is 0 Å². The summed E-state index contributed by atoms with van der Waals surface area (Å²) in [5.41, 5.74) is 0. The first-order chi connectivity index (χ1) is 11.4. The zero-order valence-electron chi connectivity index (χ0n) is 18.0. The summed E-state index contributed by atoms with van der Waals surface area (Å²) in [6, 6.07) is 4.50. The van der Waals surface area contributed by atoms with Gasteiger partial charge in [-0.15, -0.1) is 0 Å². The molecule has 0 atom stereocenters. The SMILES string of the molecule is CCCCCCCCCCCC[Si](C)(CCN(C)C)CCN(C)C. The van der Waals surface area contributed by atoms with Crippen LogP contribution in [0, 0.1) is 0 Å². The minimum absolute atomic E-state index is 1.05. The molecule has 146 valence electrons. The Morgan fingerprint density at radius 2 is 0.917 bits per heavy atom. The summed E-state index contributed by atoms with van der Waals surface area (Å²) in [6.45, 7) is 7.53. The molecule has 0 amide bonds. The molecule has 0 heterocycles. The van der Waals surface area contributed by atoms with Crippen molar-refractivity contribution in [3.05, 3.63) is 0 Å². The van der Waals surface area contributed by atoms with Crippen LogP contribution in [-0.2, 0) is 0 Å². The lowest BCUT2D eigenvalue weighted by molar-refractivity contribution is 0.420. The molecule has 0 spiro atoms. The van der Waals surface area contributed by atoms with Gasteiger partial charge in [-0.3, -0.25) is 0 Å². The second-order valence-corrected chi connectivity index (χ2v) is 14.0. The quantitative estimate of drug-likeness (QED) is 0.229. The van der Waals surface area contributed by atoms with Crippen molar-refractivity contribution in [1.29, 1.82) is 0 Å². The lowest BCUT2D eigenvalue weighted by atomic mass is 10.1. The first kappa shape index (κ1) is 24.1. The van der Waals surface area contributed by atoms with E-state index >= 15 is 0 Å². The second kappa shape index (κ2) is 15.4. The van der Waals surface area contributed by atoms with Gasteiger partial charge in [-0.1, -0.05) is 83.7 Å². The highest BCUT2D eigenvalue weighted by Crippen LogP contribution is 2.25. The van der Waals surface area contributed by atoms with Crippen molar-refractivity contribution in [3.8, 4) is 0 Å². The van der Waals surface area contributed by atoms with Gasteiger partial charge in [0.15, 0.2) is 0 Å². The molecule has 0 aromatic heterocycles. The van der Waals surface area contributed by atoms with Crippen LogP contribution in [0.2, 0.25) is 24.7 Å². The summed E-state index contributed by atoms with van der Waals surface area (Å²) in [5, 5.41) is 0. The Morgan fingerprint density at radius 1 is 0.542 bits per heavy atom. The Hall–Kier alpha value is 0.137. The van der Waals surface area contributed by atoms with Gasteiger partial charge in [-0.25, -0.2) is 0 Å². The molecule has 0 saturated carbocycles. The van der Waals surface area contributed by atoms with Crippen LogP contribution in [0.4, 0.5) is 0 Å². The molecular weight excluding hydrogens is 308 g/mol. The van der Waals surface area contributed by atoms with E-state index in [1.807, 2.05) is 0 Å². The highest BCUT2D eigenvalue weighted by Gasteiger charge is 2.26. The Kier molecular flexibility index (Phi) is 15.5. The smallest absolute Gasteiger partial charge is 0.0529 e. The van der Waals surface area contributed by atoms with Gasteiger partial charge < -0.3 is 9.80 Å². The average Bonchev–Trinajstić information content (AvgIpc) is 2.53. The summed E-state index contributed by atoms with van der Waals surface area (Å²) in [4.78, 5) is 4.75. The third kappa shape index (κ3) is 15.7. The summed E-state index contributed by atoms with van der Waals surface area (Å²) >= 11 is 0. The van der Waals surface area contributed by atoms with Crippen LogP contribution in [0.1, 0.15) is 71.1 Å². The molecule has 2 nitrogen and oxygen atoms in total. The average molecular weight is 357 g/mol. The highest BCUT2D eigenvalue weighted by atomic mass is 28.3. The Morgan fingerprint density at radius 3 is 1.29 bits per heavy atom. The normalized spacial score (nSPS) is 12.5. The van der Waals surface area contributed by atoms with E-state index in [0.717, 1.165) is 0 Å². The van der Waals surface area contributed by atoms with Crippen molar-refractivity contribution in [2.24, 2.45) is 0 Å². The molecule has 0 fully saturated rings. The van der Waals surface area contributed by atoms with Crippen LogP contribution < -0.4 is 0 Å². The van der Waals surface area contributed by atoms with Gasteiger partial charge in [0.05, 0.1) is 8.07 Å². The maximum atomic E-state index is 2.66. The topological polar surface area (TPSA) is 6.48 Å². The molecule has 3 heteroatoms. The van der Waals surface area contributed by atoms with Crippen molar-refractivity contribution in [2.75, 3.05) is 41.3 Å². The van der Waals surface area contributed by atoms with E-state index < -0.39 is 8.07 Å². The fourth-order valence-corrected chi connectivity index (χ4v) is 7.23. The van der Waals surface area contributed by atoms with Gasteiger partial charge in [0.2, 0.25) is 0 Å². The predicted molar refractivity (Wildman–Crippen MR) is 115 cm³/mol. The van der Waals surface area contributed by atoms with Crippen molar-refractivity contribution in [2.45, 2.75) is 95.8 Å². The van der Waals surface area contributed by atoms with Gasteiger partial charge in [0, 0.05) is 0 Å². The van der Waals surface area contributed by atoms with Crippen LogP contribution in [0.5, 0.6) is 0 Å². The molecule has 0 aliphatic heterocycles. The van der Waals surface area contributed by atoms with E-state index in [1.54, 1.807) is 6.04 Å². The molecule has 0 aromatic rings. The molecule has 0 rings (SSSR count). The van der Waals surface area contributed by atoms with E-state index in [1.165, 1.54) is 89.4 Å². The van der Waals surface area contributed by atoms with Gasteiger partial charge in [0.1, 0.15) is 0 Å². The zero-order chi connectivity index (χ0) is 18.3. The summed E-state index contributed by atoms with van der Waals surface area (Å²) < 4.78 is 0. The first-order valence-corrected chi connectivity index (χ1v) is 13.8. The van der Waals surface area contributed by atoms with Crippen LogP contribution in [0.15, 0.2) is 0 Å². The van der Waals surface area contributed by atoms with Gasteiger partial charge in [0.25, 0.3) is 0 Å². The predicted octanol–water partition coefficient (Wildman–Crippen LogP) is 6.11. The molecule has 0 radical (unpaired) electrons. The maximum Gasteiger partial charge on any atom is 0.0529 e. The highest BCUT2D eigenvalue weighted by molar-refractivity contribution is 6.78. The summed E-state index contributed by atoms with van der Waals surface area (Å²) in [7, 11) is 7.85. The number of unbranched alkanes of at least 4 members (excludes halogenated alkanes) is 9. The number of nitrogens with zero attached hydrogens (tertiary/aromatic N) is 2. The largest absolute Gasteiger partial charge is 0.310 e. The van der Waals surface area contributed by atoms with Crippen LogP contribution in [0.3, 0.4) is 0 Å². The molecule has 0 aromatic carbocycles. The zero-order valence-corrected chi connectivity index (χ0v) is 19.0. The Balaban J connectivity index is 3.80. The molecular formula is C21H48N2Si. The van der Waals surface area contributed by atoms with Crippen LogP contribution in [-0.4, -0.2) is 59.2 Å². The van der Waals surface area contributed by atoms with E-state index in [-0.39, 0.29) is 0 Å². The Bertz CT molecular complexity index is 255. The van der Waals surface area contributed by atoms with Gasteiger partial charge in [-0.05, 0) is 53.4 Å². The van der Waals surface area contributed by atoms with E-state index in [0.29, 0.717) is 0 Å². The van der Waals surface area contributed by atoms with Crippen LogP contribution in [0.25, 0.3) is 0 Å². The number of hydrogen-bond donors (Lipinski definition) is 0. The monoisotopic (exact) mass is 356 g/mol. The summed E-state index contributed by atoms with van der Waals surface area (Å²) in [5.74, 6) is 0. The molecule has 0 bridgehead atoms. The molecule has 0 saturated heterocycles. The van der Waals surface area contributed by atoms with Crippen molar-refractivity contribution < 1.29 is 0 Å².